The number of hydrogen-bond acceptors (Lipinski definition) is 2. The zero-order valence-electron chi connectivity index (χ0n) is 8.96. The van der Waals surface area contributed by atoms with E-state index < -0.39 is 5.82 Å². The largest absolute Gasteiger partial charge is 0.435 e. The van der Waals surface area contributed by atoms with Gasteiger partial charge in [-0.3, -0.25) is 0 Å². The Balaban J connectivity index is 2.37. The van der Waals surface area contributed by atoms with Gasteiger partial charge in [0.05, 0.1) is 10.9 Å². The van der Waals surface area contributed by atoms with Crippen LogP contribution in [0.5, 0.6) is 11.6 Å². The fourth-order valence-electron chi connectivity index (χ4n) is 1.30. The van der Waals surface area contributed by atoms with Crippen molar-refractivity contribution in [2.24, 2.45) is 0 Å². The summed E-state index contributed by atoms with van der Waals surface area (Å²) in [6.07, 6.45) is 1.41. The van der Waals surface area contributed by atoms with Crippen LogP contribution in [0, 0.1) is 5.82 Å². The van der Waals surface area contributed by atoms with Crippen LogP contribution in [0.15, 0.2) is 30.5 Å². The van der Waals surface area contributed by atoms with Gasteiger partial charge in [-0.25, -0.2) is 9.37 Å². The summed E-state index contributed by atoms with van der Waals surface area (Å²) in [7, 11) is 0. The van der Waals surface area contributed by atoms with E-state index in [1.54, 1.807) is 18.2 Å². The first-order valence-corrected chi connectivity index (χ1v) is 6.23. The van der Waals surface area contributed by atoms with Crippen LogP contribution in [0.3, 0.4) is 0 Å². The van der Waals surface area contributed by atoms with Crippen LogP contribution < -0.4 is 4.74 Å². The van der Waals surface area contributed by atoms with Gasteiger partial charge in [0.25, 0.3) is 5.88 Å². The molecule has 18 heavy (non-hydrogen) atoms. The van der Waals surface area contributed by atoms with E-state index in [2.05, 4.69) is 4.98 Å². The molecule has 6 heteroatoms. The molecule has 0 amide bonds. The lowest BCUT2D eigenvalue weighted by Crippen LogP contribution is -1.96. The molecule has 0 saturated carbocycles. The van der Waals surface area contributed by atoms with Crippen molar-refractivity contribution in [3.05, 3.63) is 51.9 Å². The molecule has 0 aliphatic carbocycles. The summed E-state index contributed by atoms with van der Waals surface area (Å²) in [5.41, 5.74) is 0.305. The maximum Gasteiger partial charge on any atom is 0.256 e. The molecular weight excluding hydrogens is 299 g/mol. The van der Waals surface area contributed by atoms with Gasteiger partial charge in [0, 0.05) is 11.8 Å². The predicted molar refractivity (Wildman–Crippen MR) is 70.3 cm³/mol. The normalized spacial score (nSPS) is 10.4. The van der Waals surface area contributed by atoms with Crippen LogP contribution in [0.1, 0.15) is 5.56 Å². The Morgan fingerprint density at radius 3 is 2.72 bits per heavy atom. The second kappa shape index (κ2) is 5.74. The fourth-order valence-corrected chi connectivity index (χ4v) is 1.84. The molecule has 0 aliphatic heterocycles. The van der Waals surface area contributed by atoms with Gasteiger partial charge in [-0.05, 0) is 18.2 Å². The Bertz CT molecular complexity index is 577. The van der Waals surface area contributed by atoms with Gasteiger partial charge >= 0.3 is 0 Å². The smallest absolute Gasteiger partial charge is 0.256 e. The number of halogens is 4. The lowest BCUT2D eigenvalue weighted by molar-refractivity contribution is 0.420. The van der Waals surface area contributed by atoms with Crippen LogP contribution in [0.2, 0.25) is 10.0 Å². The van der Waals surface area contributed by atoms with Gasteiger partial charge in [0.2, 0.25) is 0 Å². The maximum atomic E-state index is 13.8. The molecule has 1 aromatic carbocycles. The van der Waals surface area contributed by atoms with E-state index in [1.165, 1.54) is 12.3 Å². The average Bonchev–Trinajstić information content (AvgIpc) is 2.37. The first-order chi connectivity index (χ1) is 8.63. The number of nitrogens with zero attached hydrogens (tertiary/aromatic N) is 1. The van der Waals surface area contributed by atoms with Crippen LogP contribution in [-0.2, 0) is 5.88 Å². The number of benzene rings is 1. The molecule has 0 radical (unpaired) electrons. The summed E-state index contributed by atoms with van der Waals surface area (Å²) in [4.78, 5) is 3.80. The van der Waals surface area contributed by atoms with Crippen molar-refractivity contribution in [3.8, 4) is 11.6 Å². The Morgan fingerprint density at radius 2 is 2.00 bits per heavy atom. The molecule has 2 rings (SSSR count). The van der Waals surface area contributed by atoms with Gasteiger partial charge < -0.3 is 4.74 Å². The molecule has 0 saturated heterocycles. The minimum atomic E-state index is -0.608. The fraction of sp³-hybridized carbons (Fsp3) is 0.0833. The summed E-state index contributed by atoms with van der Waals surface area (Å²) in [5, 5.41) is 0.528. The zero-order chi connectivity index (χ0) is 13.1. The molecule has 0 fully saturated rings. The van der Waals surface area contributed by atoms with E-state index in [9.17, 15) is 4.39 Å². The Hall–Kier alpha value is -1.03. The van der Waals surface area contributed by atoms with Gasteiger partial charge in [-0.2, -0.15) is 0 Å². The number of ether oxygens (including phenoxy) is 1. The van der Waals surface area contributed by atoms with E-state index in [-0.39, 0.29) is 22.5 Å². The zero-order valence-corrected chi connectivity index (χ0v) is 11.2. The maximum absolute atomic E-state index is 13.8. The number of hydrogen-bond donors (Lipinski definition) is 0. The predicted octanol–water partition coefficient (Wildman–Crippen LogP) is 5.06. The highest BCUT2D eigenvalue weighted by Crippen LogP contribution is 2.35. The molecule has 0 aliphatic rings. The van der Waals surface area contributed by atoms with Crippen molar-refractivity contribution >= 4 is 34.8 Å². The standard InChI is InChI=1S/C12H7Cl3FNO/c13-6-7-4-5-17-12(11(7)16)18-9-3-1-2-8(14)10(9)15/h1-5H,6H2. The molecule has 2 aromatic rings. The number of rotatable bonds is 3. The first kappa shape index (κ1) is 13.4. The molecular formula is C12H7Cl3FNO. The molecule has 0 spiro atoms. The van der Waals surface area contributed by atoms with Crippen LogP contribution in [0.4, 0.5) is 4.39 Å². The third-order valence-electron chi connectivity index (χ3n) is 2.20. The van der Waals surface area contributed by atoms with E-state index in [4.69, 9.17) is 39.5 Å². The molecule has 2 nitrogen and oxygen atoms in total. The van der Waals surface area contributed by atoms with Crippen LogP contribution in [-0.4, -0.2) is 4.98 Å². The van der Waals surface area contributed by atoms with Gasteiger partial charge in [0.1, 0.15) is 10.8 Å². The topological polar surface area (TPSA) is 22.1 Å². The van der Waals surface area contributed by atoms with E-state index in [0.717, 1.165) is 0 Å². The summed E-state index contributed by atoms with van der Waals surface area (Å²) in [6.45, 7) is 0. The molecule has 0 bridgehead atoms. The monoisotopic (exact) mass is 305 g/mol. The second-order valence-corrected chi connectivity index (χ2v) is 4.43. The van der Waals surface area contributed by atoms with Crippen molar-refractivity contribution in [1.82, 2.24) is 4.98 Å². The molecule has 0 unspecified atom stereocenters. The molecule has 1 aromatic heterocycles. The van der Waals surface area contributed by atoms with Crippen molar-refractivity contribution in [2.45, 2.75) is 5.88 Å². The summed E-state index contributed by atoms with van der Waals surface area (Å²) >= 11 is 17.4. The highest BCUT2D eigenvalue weighted by molar-refractivity contribution is 6.42. The first-order valence-electron chi connectivity index (χ1n) is 4.94. The molecule has 94 valence electrons. The third-order valence-corrected chi connectivity index (χ3v) is 3.29. The van der Waals surface area contributed by atoms with Gasteiger partial charge in [-0.15, -0.1) is 11.6 Å². The summed E-state index contributed by atoms with van der Waals surface area (Å²) < 4.78 is 19.1. The molecule has 1 heterocycles. The molecule has 0 N–H and O–H groups in total. The lowest BCUT2D eigenvalue weighted by Gasteiger charge is -2.09. The van der Waals surface area contributed by atoms with E-state index in [1.807, 2.05) is 0 Å². The Labute approximate surface area is 118 Å². The van der Waals surface area contributed by atoms with Crippen molar-refractivity contribution in [1.29, 1.82) is 0 Å². The number of pyridine rings is 1. The number of alkyl halides is 1. The quantitative estimate of drug-likeness (QED) is 0.740. The minimum absolute atomic E-state index is 0.0357. The second-order valence-electron chi connectivity index (χ2n) is 3.38. The van der Waals surface area contributed by atoms with Crippen molar-refractivity contribution in [2.75, 3.05) is 0 Å². The number of aromatic nitrogens is 1. The van der Waals surface area contributed by atoms with Crippen molar-refractivity contribution in [3.63, 3.8) is 0 Å². The van der Waals surface area contributed by atoms with Gasteiger partial charge in [0.15, 0.2) is 5.82 Å². The Kier molecular flexibility index (Phi) is 4.27. The van der Waals surface area contributed by atoms with E-state index in [0.29, 0.717) is 10.6 Å². The van der Waals surface area contributed by atoms with Crippen LogP contribution >= 0.6 is 34.8 Å². The highest BCUT2D eigenvalue weighted by atomic mass is 35.5. The van der Waals surface area contributed by atoms with Gasteiger partial charge in [-0.1, -0.05) is 29.3 Å². The summed E-state index contributed by atoms with van der Waals surface area (Å²) in [6, 6.07) is 6.31. The highest BCUT2D eigenvalue weighted by Gasteiger charge is 2.13. The molecule has 0 atom stereocenters. The van der Waals surface area contributed by atoms with E-state index >= 15 is 0 Å². The lowest BCUT2D eigenvalue weighted by atomic mass is 10.3. The van der Waals surface area contributed by atoms with Crippen molar-refractivity contribution < 1.29 is 9.13 Å². The SMILES string of the molecule is Fc1c(CCl)ccnc1Oc1cccc(Cl)c1Cl. The third kappa shape index (κ3) is 2.69. The average molecular weight is 307 g/mol. The minimum Gasteiger partial charge on any atom is -0.435 e. The Morgan fingerprint density at radius 1 is 1.22 bits per heavy atom. The summed E-state index contributed by atoms with van der Waals surface area (Å²) in [5.74, 6) is -0.517. The van der Waals surface area contributed by atoms with Crippen LogP contribution in [0.25, 0.3) is 0 Å².